The van der Waals surface area contributed by atoms with Gasteiger partial charge in [-0.05, 0) is 46.5 Å². The van der Waals surface area contributed by atoms with Crippen molar-refractivity contribution in [2.75, 3.05) is 18.5 Å². The second-order valence-electron chi connectivity index (χ2n) is 8.04. The molecule has 0 aromatic carbocycles. The van der Waals surface area contributed by atoms with Gasteiger partial charge in [0.2, 0.25) is 5.91 Å². The molecule has 0 spiro atoms. The fourth-order valence-corrected chi connectivity index (χ4v) is 3.22. The Hall–Kier alpha value is -1.93. The van der Waals surface area contributed by atoms with E-state index in [4.69, 9.17) is 9.47 Å². The molecule has 1 amide bonds. The lowest BCUT2D eigenvalue weighted by Gasteiger charge is -2.31. The van der Waals surface area contributed by atoms with Gasteiger partial charge in [-0.15, -0.1) is 5.10 Å². The molecule has 2 aliphatic rings. The number of aliphatic hydroxyl groups is 1. The van der Waals surface area contributed by atoms with Gasteiger partial charge >= 0.3 is 6.09 Å². The Morgan fingerprint density at radius 3 is 2.54 bits per heavy atom. The van der Waals surface area contributed by atoms with E-state index in [-0.39, 0.29) is 23.8 Å². The minimum absolute atomic E-state index is 0.0266. The van der Waals surface area contributed by atoms with E-state index in [1.165, 1.54) is 4.68 Å². The van der Waals surface area contributed by atoms with E-state index < -0.39 is 11.7 Å². The molecule has 8 nitrogen and oxygen atoms in total. The molecule has 3 rings (SSSR count). The van der Waals surface area contributed by atoms with Crippen LogP contribution in [0.1, 0.15) is 58.1 Å². The quantitative estimate of drug-likeness (QED) is 0.852. The molecule has 0 atom stereocenters. The van der Waals surface area contributed by atoms with Crippen LogP contribution in [0.5, 0.6) is 0 Å². The van der Waals surface area contributed by atoms with Gasteiger partial charge in [0.1, 0.15) is 5.60 Å². The van der Waals surface area contributed by atoms with Gasteiger partial charge < -0.3 is 19.9 Å². The molecule has 8 heteroatoms. The van der Waals surface area contributed by atoms with Crippen LogP contribution in [0.25, 0.3) is 0 Å². The zero-order chi connectivity index (χ0) is 18.9. The second-order valence-corrected chi connectivity index (χ2v) is 8.04. The van der Waals surface area contributed by atoms with Gasteiger partial charge in [0.15, 0.2) is 5.82 Å². The van der Waals surface area contributed by atoms with Crippen molar-refractivity contribution in [1.29, 1.82) is 0 Å². The van der Waals surface area contributed by atoms with Crippen LogP contribution < -0.4 is 5.32 Å². The molecule has 0 bridgehead atoms. The average molecular weight is 365 g/mol. The lowest BCUT2D eigenvalue weighted by molar-refractivity contribution is -0.122. The predicted octanol–water partition coefficient (Wildman–Crippen LogP) is 2.27. The van der Waals surface area contributed by atoms with Gasteiger partial charge in [0, 0.05) is 31.1 Å². The number of carbonyl (C=O) groups is 2. The maximum Gasteiger partial charge on any atom is 0.435 e. The Morgan fingerprint density at radius 2 is 1.96 bits per heavy atom. The van der Waals surface area contributed by atoms with Crippen molar-refractivity contribution in [3.8, 4) is 0 Å². The van der Waals surface area contributed by atoms with Crippen LogP contribution in [0.3, 0.4) is 0 Å². The standard InChI is InChI=1S/C18H27N3O5/c1-18(2,3)26-17(24)21-14(12-8-13(22)9-12)10-15(20-21)19-16(23)11-4-6-25-7-5-11/h10-13,22H,4-9H2,1-3H3,(H,19,20,23)/t12-,13+. The normalized spacial score (nSPS) is 24.0. The molecule has 1 aromatic heterocycles. The van der Waals surface area contributed by atoms with Crippen molar-refractivity contribution >= 4 is 17.8 Å². The van der Waals surface area contributed by atoms with Gasteiger partial charge in [-0.2, -0.15) is 4.68 Å². The minimum Gasteiger partial charge on any atom is -0.442 e. The van der Waals surface area contributed by atoms with Gasteiger partial charge in [-0.1, -0.05) is 0 Å². The summed E-state index contributed by atoms with van der Waals surface area (Å²) in [5.41, 5.74) is 0.0112. The van der Waals surface area contributed by atoms with Crippen molar-refractivity contribution < 1.29 is 24.2 Å². The smallest absolute Gasteiger partial charge is 0.435 e. The molecule has 1 aliphatic heterocycles. The number of hydrogen-bond acceptors (Lipinski definition) is 6. The molecule has 2 fully saturated rings. The van der Waals surface area contributed by atoms with E-state index >= 15 is 0 Å². The SMILES string of the molecule is CC(C)(C)OC(=O)n1nc(NC(=O)C2CCOCC2)cc1[C@H]1C[C@@H](O)C1. The summed E-state index contributed by atoms with van der Waals surface area (Å²) in [5.74, 6) is 0.147. The monoisotopic (exact) mass is 365 g/mol. The van der Waals surface area contributed by atoms with Gasteiger partial charge in [0.25, 0.3) is 0 Å². The summed E-state index contributed by atoms with van der Waals surface area (Å²) in [7, 11) is 0. The number of nitrogens with zero attached hydrogens (tertiary/aromatic N) is 2. The molecule has 0 radical (unpaired) electrons. The summed E-state index contributed by atoms with van der Waals surface area (Å²) in [4.78, 5) is 24.9. The Morgan fingerprint density at radius 1 is 1.31 bits per heavy atom. The van der Waals surface area contributed by atoms with Crippen molar-refractivity contribution in [2.24, 2.45) is 5.92 Å². The van der Waals surface area contributed by atoms with Crippen LogP contribution in [-0.2, 0) is 14.3 Å². The average Bonchev–Trinajstić information content (AvgIpc) is 2.94. The summed E-state index contributed by atoms with van der Waals surface area (Å²) in [6.45, 7) is 6.52. The van der Waals surface area contributed by atoms with E-state index in [1.54, 1.807) is 26.8 Å². The van der Waals surface area contributed by atoms with Crippen LogP contribution in [0.15, 0.2) is 6.07 Å². The van der Waals surface area contributed by atoms with E-state index in [9.17, 15) is 14.7 Å². The van der Waals surface area contributed by atoms with E-state index in [1.807, 2.05) is 0 Å². The molecular weight excluding hydrogens is 338 g/mol. The summed E-state index contributed by atoms with van der Waals surface area (Å²) in [5, 5.41) is 16.7. The number of carbonyl (C=O) groups excluding carboxylic acids is 2. The van der Waals surface area contributed by atoms with E-state index in [0.29, 0.717) is 50.4 Å². The minimum atomic E-state index is -0.648. The first-order valence-corrected chi connectivity index (χ1v) is 9.13. The Balaban J connectivity index is 1.77. The fraction of sp³-hybridized carbons (Fsp3) is 0.722. The van der Waals surface area contributed by atoms with E-state index in [2.05, 4.69) is 10.4 Å². The number of aromatic nitrogens is 2. The number of rotatable bonds is 3. The highest BCUT2D eigenvalue weighted by Crippen LogP contribution is 2.38. The van der Waals surface area contributed by atoms with Crippen molar-refractivity contribution in [2.45, 2.75) is 64.1 Å². The Labute approximate surface area is 152 Å². The summed E-state index contributed by atoms with van der Waals surface area (Å²) in [6, 6.07) is 1.71. The third-order valence-electron chi connectivity index (χ3n) is 4.68. The highest BCUT2D eigenvalue weighted by Gasteiger charge is 2.34. The molecular formula is C18H27N3O5. The second kappa shape index (κ2) is 7.36. The van der Waals surface area contributed by atoms with Crippen LogP contribution in [-0.4, -0.2) is 51.8 Å². The third-order valence-corrected chi connectivity index (χ3v) is 4.68. The molecule has 2 N–H and O–H groups in total. The first kappa shape index (κ1) is 18.8. The first-order chi connectivity index (χ1) is 12.2. The lowest BCUT2D eigenvalue weighted by Crippen LogP contribution is -2.33. The molecule has 144 valence electrons. The van der Waals surface area contributed by atoms with Gasteiger partial charge in [0.05, 0.1) is 11.8 Å². The fourth-order valence-electron chi connectivity index (χ4n) is 3.22. The largest absolute Gasteiger partial charge is 0.442 e. The molecule has 1 aliphatic carbocycles. The first-order valence-electron chi connectivity index (χ1n) is 9.13. The number of amides is 1. The zero-order valence-corrected chi connectivity index (χ0v) is 15.5. The number of hydrogen-bond donors (Lipinski definition) is 2. The van der Waals surface area contributed by atoms with E-state index in [0.717, 1.165) is 0 Å². The highest BCUT2D eigenvalue weighted by molar-refractivity contribution is 5.92. The van der Waals surface area contributed by atoms with Crippen LogP contribution >= 0.6 is 0 Å². The summed E-state index contributed by atoms with van der Waals surface area (Å²) < 4.78 is 11.9. The topological polar surface area (TPSA) is 103 Å². The van der Waals surface area contributed by atoms with Gasteiger partial charge in [-0.25, -0.2) is 4.79 Å². The molecule has 2 heterocycles. The van der Waals surface area contributed by atoms with Crippen molar-refractivity contribution in [1.82, 2.24) is 9.78 Å². The molecule has 1 saturated carbocycles. The Kier molecular flexibility index (Phi) is 5.34. The van der Waals surface area contributed by atoms with Crippen LogP contribution in [0, 0.1) is 5.92 Å². The third kappa shape index (κ3) is 4.42. The maximum atomic E-state index is 12.5. The van der Waals surface area contributed by atoms with Gasteiger partial charge in [-0.3, -0.25) is 4.79 Å². The van der Waals surface area contributed by atoms with Crippen molar-refractivity contribution in [3.05, 3.63) is 11.8 Å². The molecule has 1 aromatic rings. The lowest BCUT2D eigenvalue weighted by atomic mass is 9.80. The predicted molar refractivity (Wildman–Crippen MR) is 94.0 cm³/mol. The Bertz CT molecular complexity index is 667. The molecule has 1 saturated heterocycles. The maximum absolute atomic E-state index is 12.5. The number of aliphatic hydroxyl groups excluding tert-OH is 1. The summed E-state index contributed by atoms with van der Waals surface area (Å²) >= 11 is 0. The number of nitrogens with one attached hydrogen (secondary N) is 1. The number of ether oxygens (including phenoxy) is 2. The summed E-state index contributed by atoms with van der Waals surface area (Å²) in [6.07, 6.45) is 1.56. The zero-order valence-electron chi connectivity index (χ0n) is 15.5. The van der Waals surface area contributed by atoms with Crippen LogP contribution in [0.2, 0.25) is 0 Å². The number of anilines is 1. The van der Waals surface area contributed by atoms with Crippen LogP contribution in [0.4, 0.5) is 10.6 Å². The van der Waals surface area contributed by atoms with Crippen molar-refractivity contribution in [3.63, 3.8) is 0 Å². The molecule has 0 unspecified atom stereocenters. The highest BCUT2D eigenvalue weighted by atomic mass is 16.6. The molecule has 26 heavy (non-hydrogen) atoms.